The molecule has 2 aliphatic heterocycles. The van der Waals surface area contributed by atoms with Crippen molar-refractivity contribution in [2.24, 2.45) is 11.8 Å². The van der Waals surface area contributed by atoms with E-state index in [4.69, 9.17) is 15.6 Å². The van der Waals surface area contributed by atoms with Crippen molar-refractivity contribution in [3.05, 3.63) is 24.0 Å². The molecule has 4 heterocycles. The number of nitrogens with two attached hydrogens (primary N) is 1. The van der Waals surface area contributed by atoms with Crippen LogP contribution in [-0.2, 0) is 4.74 Å². The maximum Gasteiger partial charge on any atom is 0.387 e. The van der Waals surface area contributed by atoms with E-state index < -0.39 is 6.61 Å². The van der Waals surface area contributed by atoms with Crippen LogP contribution in [0.1, 0.15) is 50.8 Å². The molecule has 0 radical (unpaired) electrons. The number of likely N-dealkylation sites (tertiary alicyclic amines) is 1. The average molecular weight is 446 g/mol. The zero-order chi connectivity index (χ0) is 22.1. The monoisotopic (exact) mass is 445 g/mol. The van der Waals surface area contributed by atoms with Gasteiger partial charge < -0.3 is 15.2 Å². The van der Waals surface area contributed by atoms with Gasteiger partial charge in [-0.3, -0.25) is 9.58 Å². The van der Waals surface area contributed by atoms with Crippen LogP contribution >= 0.6 is 0 Å². The minimum absolute atomic E-state index is 0.0543. The lowest BCUT2D eigenvalue weighted by Gasteiger charge is -2.33. The van der Waals surface area contributed by atoms with Crippen molar-refractivity contribution in [1.29, 1.82) is 0 Å². The van der Waals surface area contributed by atoms with Crippen molar-refractivity contribution < 1.29 is 18.3 Å². The number of rotatable bonds is 6. The summed E-state index contributed by atoms with van der Waals surface area (Å²) in [6, 6.07) is 5.12. The lowest BCUT2D eigenvalue weighted by Crippen LogP contribution is -2.43. The molecule has 6 rings (SSSR count). The van der Waals surface area contributed by atoms with Gasteiger partial charge in [-0.25, -0.2) is 4.98 Å². The molecule has 2 aliphatic carbocycles. The molecule has 2 N–H and O–H groups in total. The van der Waals surface area contributed by atoms with Crippen molar-refractivity contribution in [3.63, 3.8) is 0 Å². The summed E-state index contributed by atoms with van der Waals surface area (Å²) >= 11 is 0. The zero-order valence-electron chi connectivity index (χ0n) is 18.3. The molecule has 7 nitrogen and oxygen atoms in total. The van der Waals surface area contributed by atoms with E-state index in [1.807, 2.05) is 0 Å². The normalized spacial score (nSPS) is 33.4. The van der Waals surface area contributed by atoms with E-state index >= 15 is 0 Å². The Kier molecular flexibility index (Phi) is 4.69. The van der Waals surface area contributed by atoms with Gasteiger partial charge in [0.05, 0.1) is 18.4 Å². The molecule has 2 saturated carbocycles. The fourth-order valence-electron chi connectivity index (χ4n) is 6.40. The number of halogens is 2. The van der Waals surface area contributed by atoms with Crippen LogP contribution in [0.5, 0.6) is 5.75 Å². The van der Waals surface area contributed by atoms with Gasteiger partial charge in [0.2, 0.25) is 0 Å². The minimum atomic E-state index is -2.95. The summed E-state index contributed by atoms with van der Waals surface area (Å²) in [4.78, 5) is 6.74. The van der Waals surface area contributed by atoms with Gasteiger partial charge in [0.1, 0.15) is 0 Å². The van der Waals surface area contributed by atoms with Crippen LogP contribution in [0.15, 0.2) is 18.3 Å². The van der Waals surface area contributed by atoms with Gasteiger partial charge in [-0.1, -0.05) is 0 Å². The Morgan fingerprint density at radius 1 is 1.16 bits per heavy atom. The molecule has 2 aromatic rings. The van der Waals surface area contributed by atoms with Gasteiger partial charge in [0.15, 0.2) is 11.6 Å². The van der Waals surface area contributed by atoms with Crippen LogP contribution in [0, 0.1) is 11.8 Å². The molecule has 0 unspecified atom stereocenters. The summed E-state index contributed by atoms with van der Waals surface area (Å²) in [6.07, 6.45) is 5.70. The van der Waals surface area contributed by atoms with Crippen LogP contribution in [0.2, 0.25) is 0 Å². The molecule has 2 saturated heterocycles. The first-order valence-corrected chi connectivity index (χ1v) is 11.6. The quantitative estimate of drug-likeness (QED) is 0.731. The van der Waals surface area contributed by atoms with Crippen LogP contribution in [0.4, 0.5) is 14.6 Å². The molecule has 4 aliphatic rings. The highest BCUT2D eigenvalue weighted by atomic mass is 19.3. The van der Waals surface area contributed by atoms with Gasteiger partial charge in [-0.05, 0) is 57.1 Å². The highest BCUT2D eigenvalue weighted by molar-refractivity contribution is 5.64. The number of fused-ring (bicyclic) bond motifs is 3. The molecule has 0 spiro atoms. The maximum absolute atomic E-state index is 12.7. The fourth-order valence-corrected chi connectivity index (χ4v) is 6.40. The van der Waals surface area contributed by atoms with Gasteiger partial charge in [0, 0.05) is 48.0 Å². The van der Waals surface area contributed by atoms with Crippen molar-refractivity contribution >= 4 is 5.82 Å². The number of morpholine rings is 1. The standard InChI is InChI=1S/C23H29F2N5O2/c1-11(2)30-19(7-18(28-30)12-3-20(32-23(24)25)22(26)27-8-12)21-16-5-13(6-17(16)21)29-9-15-4-14(29)10-31-15/h3,7-8,11,13-17,21,23H,4-6,9-10H2,1-2H3,(H2,26,27)/t13-,14-,15-,16-,17+,21-/m0/s1. The Labute approximate surface area is 185 Å². The number of ether oxygens (including phenoxy) is 2. The molecule has 9 heteroatoms. The van der Waals surface area contributed by atoms with Crippen molar-refractivity contribution in [1.82, 2.24) is 19.7 Å². The van der Waals surface area contributed by atoms with Crippen LogP contribution in [0.3, 0.4) is 0 Å². The predicted molar refractivity (Wildman–Crippen MR) is 114 cm³/mol. The van der Waals surface area contributed by atoms with E-state index in [1.165, 1.54) is 31.0 Å². The molecule has 0 aromatic carbocycles. The average Bonchev–Trinajstić information content (AvgIpc) is 3.33. The Morgan fingerprint density at radius 2 is 1.94 bits per heavy atom. The summed E-state index contributed by atoms with van der Waals surface area (Å²) < 4.78 is 37.8. The third-order valence-corrected chi connectivity index (χ3v) is 7.82. The Hall–Kier alpha value is -2.26. The summed E-state index contributed by atoms with van der Waals surface area (Å²) in [5.74, 6) is 1.74. The maximum atomic E-state index is 12.7. The molecule has 4 fully saturated rings. The highest BCUT2D eigenvalue weighted by Gasteiger charge is 2.60. The molecule has 0 amide bonds. The van der Waals surface area contributed by atoms with Gasteiger partial charge in [0.25, 0.3) is 0 Å². The van der Waals surface area contributed by atoms with E-state index in [2.05, 4.69) is 39.2 Å². The molecule has 6 atom stereocenters. The van der Waals surface area contributed by atoms with Crippen LogP contribution < -0.4 is 10.5 Å². The second kappa shape index (κ2) is 7.38. The fraction of sp³-hybridized carbons (Fsp3) is 0.652. The number of hydrogen-bond acceptors (Lipinski definition) is 6. The number of nitrogen functional groups attached to an aromatic ring is 1. The van der Waals surface area contributed by atoms with Gasteiger partial charge in [-0.15, -0.1) is 0 Å². The SMILES string of the molecule is CC(C)n1nc(-c2cnc(N)c(OC(F)F)c2)cc1[C@@H]1[C@@H]2C[C@@H](N3C[C@@H]4C[C@H]3CO4)C[C@@H]21. The third-order valence-electron chi connectivity index (χ3n) is 7.82. The van der Waals surface area contributed by atoms with Crippen molar-refractivity contribution in [2.45, 2.75) is 69.9 Å². The number of nitrogens with zero attached hydrogens (tertiary/aromatic N) is 4. The molecular formula is C23H29F2N5O2. The number of aromatic nitrogens is 3. The molecule has 32 heavy (non-hydrogen) atoms. The van der Waals surface area contributed by atoms with Gasteiger partial charge >= 0.3 is 6.61 Å². The van der Waals surface area contributed by atoms with E-state index in [1.54, 1.807) is 6.20 Å². The Morgan fingerprint density at radius 3 is 2.56 bits per heavy atom. The smallest absolute Gasteiger partial charge is 0.387 e. The number of hydrogen-bond donors (Lipinski definition) is 1. The second-order valence-electron chi connectivity index (χ2n) is 10.00. The zero-order valence-corrected chi connectivity index (χ0v) is 18.3. The van der Waals surface area contributed by atoms with Crippen molar-refractivity contribution in [3.8, 4) is 17.0 Å². The first-order chi connectivity index (χ1) is 15.4. The summed E-state index contributed by atoms with van der Waals surface area (Å²) in [5, 5.41) is 4.81. The van der Waals surface area contributed by atoms with Gasteiger partial charge in [-0.2, -0.15) is 13.9 Å². The minimum Gasteiger partial charge on any atom is -0.431 e. The Balaban J connectivity index is 1.22. The highest BCUT2D eigenvalue weighted by Crippen LogP contribution is 2.64. The lowest BCUT2D eigenvalue weighted by molar-refractivity contribution is -0.0494. The molecule has 2 aromatic heterocycles. The molecule has 172 valence electrons. The van der Waals surface area contributed by atoms with E-state index in [0.29, 0.717) is 41.5 Å². The second-order valence-corrected chi connectivity index (χ2v) is 10.00. The van der Waals surface area contributed by atoms with Crippen LogP contribution in [-0.4, -0.2) is 57.6 Å². The molecular weight excluding hydrogens is 416 g/mol. The predicted octanol–water partition coefficient (Wildman–Crippen LogP) is 3.67. The largest absolute Gasteiger partial charge is 0.431 e. The summed E-state index contributed by atoms with van der Waals surface area (Å²) in [6.45, 7) is 3.29. The van der Waals surface area contributed by atoms with E-state index in [-0.39, 0.29) is 17.6 Å². The first-order valence-electron chi connectivity index (χ1n) is 11.6. The Bertz CT molecular complexity index is 1020. The topological polar surface area (TPSA) is 78.4 Å². The number of pyridine rings is 1. The van der Waals surface area contributed by atoms with E-state index in [0.717, 1.165) is 18.8 Å². The third kappa shape index (κ3) is 3.28. The van der Waals surface area contributed by atoms with Crippen molar-refractivity contribution in [2.75, 3.05) is 18.9 Å². The lowest BCUT2D eigenvalue weighted by atomic mass is 10.0. The number of alkyl halides is 2. The summed E-state index contributed by atoms with van der Waals surface area (Å²) in [7, 11) is 0. The molecule has 2 bridgehead atoms. The van der Waals surface area contributed by atoms with Crippen LogP contribution in [0.25, 0.3) is 11.3 Å². The first kappa shape index (κ1) is 20.4. The number of anilines is 1. The summed E-state index contributed by atoms with van der Waals surface area (Å²) in [5.41, 5.74) is 8.29. The van der Waals surface area contributed by atoms with E-state index in [9.17, 15) is 8.78 Å².